The molecular formula is C37H65N3O12. The van der Waals surface area contributed by atoms with Gasteiger partial charge in [0.25, 0.3) is 0 Å². The minimum atomic E-state index is -1.74. The molecule has 4 aliphatic carbocycles. The van der Waals surface area contributed by atoms with Crippen LogP contribution in [0.25, 0.3) is 0 Å². The van der Waals surface area contributed by atoms with Gasteiger partial charge in [0.05, 0.1) is 19.3 Å². The molecule has 4 aliphatic rings. The van der Waals surface area contributed by atoms with Crippen molar-refractivity contribution < 1.29 is 60.3 Å². The van der Waals surface area contributed by atoms with E-state index in [1.54, 1.807) is 0 Å². The van der Waals surface area contributed by atoms with Crippen LogP contribution in [0.3, 0.4) is 0 Å². The fourth-order valence-electron chi connectivity index (χ4n) is 11.5. The Morgan fingerprint density at radius 3 is 2.17 bits per heavy atom. The summed E-state index contributed by atoms with van der Waals surface area (Å²) in [5, 5.41) is 80.7. The van der Waals surface area contributed by atoms with E-state index in [1.165, 1.54) is 9.80 Å². The maximum Gasteiger partial charge on any atom is 0.317 e. The summed E-state index contributed by atoms with van der Waals surface area (Å²) >= 11 is 0. The van der Waals surface area contributed by atoms with E-state index in [4.69, 9.17) is 0 Å². The lowest BCUT2D eigenvalue weighted by Gasteiger charge is -2.62. The van der Waals surface area contributed by atoms with Crippen molar-refractivity contribution >= 4 is 17.8 Å². The predicted octanol–water partition coefficient (Wildman–Crippen LogP) is 1.55. The molecule has 0 aliphatic heterocycles. The highest BCUT2D eigenvalue weighted by Crippen LogP contribution is 2.68. The number of carboxylic acid groups (broad SMARTS) is 2. The smallest absolute Gasteiger partial charge is 0.317 e. The number of fused-ring (bicyclic) bond motifs is 5. The van der Waals surface area contributed by atoms with Gasteiger partial charge in [-0.2, -0.15) is 0 Å². The predicted molar refractivity (Wildman–Crippen MR) is 188 cm³/mol. The van der Waals surface area contributed by atoms with Gasteiger partial charge in [-0.15, -0.1) is 0 Å². The van der Waals surface area contributed by atoms with Crippen molar-refractivity contribution in [2.24, 2.45) is 46.3 Å². The summed E-state index contributed by atoms with van der Waals surface area (Å²) in [7, 11) is 0. The molecule has 0 aromatic carbocycles. The molecule has 15 nitrogen and oxygen atoms in total. The SMILES string of the molecule is CC(CCC(=O)O)[C@H]1CCC2C3CCC4CC(NC(=O)CCC(COO)N(CCN(CC(O)O)CC(O)O)CC(=O)O)CC[C@]4(C)C3CC(O)[C@@]21C. The summed E-state index contributed by atoms with van der Waals surface area (Å²) in [5.41, 5.74) is -0.137. The zero-order valence-corrected chi connectivity index (χ0v) is 31.2. The second kappa shape index (κ2) is 18.6. The lowest BCUT2D eigenvalue weighted by Crippen LogP contribution is -2.59. The van der Waals surface area contributed by atoms with E-state index in [1.807, 2.05) is 0 Å². The molecule has 0 aromatic heterocycles. The number of hydrogen-bond acceptors (Lipinski definition) is 12. The summed E-state index contributed by atoms with van der Waals surface area (Å²) in [6, 6.07) is -0.659. The first kappa shape index (κ1) is 42.8. The number of nitrogens with one attached hydrogen (secondary N) is 1. The molecule has 4 rings (SSSR count). The number of amides is 1. The van der Waals surface area contributed by atoms with Gasteiger partial charge >= 0.3 is 11.9 Å². The number of aliphatic hydroxyl groups is 5. The number of hydrogen-bond donors (Lipinski definition) is 9. The van der Waals surface area contributed by atoms with Crippen LogP contribution in [-0.2, 0) is 19.3 Å². The summed E-state index contributed by atoms with van der Waals surface area (Å²) in [4.78, 5) is 43.5. The molecule has 4 saturated carbocycles. The molecule has 4 fully saturated rings. The number of carbonyl (C=O) groups is 3. The van der Waals surface area contributed by atoms with E-state index in [-0.39, 0.29) is 80.7 Å². The fraction of sp³-hybridized carbons (Fsp3) is 0.919. The molecular weight excluding hydrogens is 678 g/mol. The van der Waals surface area contributed by atoms with Crippen molar-refractivity contribution in [1.82, 2.24) is 15.1 Å². The molecule has 52 heavy (non-hydrogen) atoms. The van der Waals surface area contributed by atoms with E-state index in [9.17, 15) is 55.4 Å². The number of rotatable bonds is 20. The molecule has 11 atom stereocenters. The Morgan fingerprint density at radius 2 is 1.56 bits per heavy atom. The molecule has 9 N–H and O–H groups in total. The first-order valence-electron chi connectivity index (χ1n) is 19.4. The number of carboxylic acids is 2. The first-order chi connectivity index (χ1) is 24.5. The van der Waals surface area contributed by atoms with Crippen LogP contribution >= 0.6 is 0 Å². The Balaban J connectivity index is 1.33. The van der Waals surface area contributed by atoms with Crippen molar-refractivity contribution in [2.45, 2.75) is 129 Å². The molecule has 300 valence electrons. The Labute approximate surface area is 307 Å². The average Bonchev–Trinajstić information content (AvgIpc) is 3.42. The van der Waals surface area contributed by atoms with Gasteiger partial charge in [-0.05, 0) is 111 Å². The van der Waals surface area contributed by atoms with E-state index < -0.39 is 43.2 Å². The molecule has 0 saturated heterocycles. The topological polar surface area (TPSA) is 241 Å². The van der Waals surface area contributed by atoms with Crippen molar-refractivity contribution in [2.75, 3.05) is 39.3 Å². The molecule has 0 radical (unpaired) electrons. The first-order valence-corrected chi connectivity index (χ1v) is 19.4. The second-order valence-electron chi connectivity index (χ2n) is 17.0. The van der Waals surface area contributed by atoms with Crippen molar-refractivity contribution in [3.63, 3.8) is 0 Å². The maximum absolute atomic E-state index is 13.3. The maximum atomic E-state index is 13.3. The summed E-state index contributed by atoms with van der Waals surface area (Å²) < 4.78 is 0. The van der Waals surface area contributed by atoms with Gasteiger partial charge < -0.3 is 41.1 Å². The van der Waals surface area contributed by atoms with Gasteiger partial charge in [0.15, 0.2) is 12.6 Å². The average molecular weight is 744 g/mol. The van der Waals surface area contributed by atoms with E-state index in [0.29, 0.717) is 36.0 Å². The highest BCUT2D eigenvalue weighted by atomic mass is 17.1. The van der Waals surface area contributed by atoms with Crippen LogP contribution < -0.4 is 5.32 Å². The van der Waals surface area contributed by atoms with Crippen LogP contribution in [0.5, 0.6) is 0 Å². The molecule has 0 bridgehead atoms. The fourth-order valence-corrected chi connectivity index (χ4v) is 11.5. The van der Waals surface area contributed by atoms with Gasteiger partial charge in [0.1, 0.15) is 0 Å². The molecule has 0 spiro atoms. The molecule has 1 amide bonds. The highest BCUT2D eigenvalue weighted by molar-refractivity contribution is 5.76. The van der Waals surface area contributed by atoms with Crippen molar-refractivity contribution in [3.8, 4) is 0 Å². The standard InChI is InChI=1S/C37H65N3O12/c1-22(4-11-32(43)44)27-8-9-28-26-7-5-23-16-24(12-13-36(23,2)29(26)17-30(41)37(27,28)3)38-31(42)10-6-25(21-52-51)40(20-35(49)50)15-14-39(18-33(45)46)19-34(47)48/h22-30,33-34,41,45-48,51H,4-21H2,1-3H3,(H,38,42)(H,43,44)(H,49,50)/t22?,23?,24?,25?,26?,27-,28?,29?,30?,36+,37-/m1/s1. The van der Waals surface area contributed by atoms with Gasteiger partial charge in [0, 0.05) is 51.1 Å². The minimum absolute atomic E-state index is 0.00195. The Bertz CT molecular complexity index is 1180. The van der Waals surface area contributed by atoms with Crippen molar-refractivity contribution in [1.29, 1.82) is 0 Å². The molecule has 8 unspecified atom stereocenters. The second-order valence-corrected chi connectivity index (χ2v) is 17.0. The lowest BCUT2D eigenvalue weighted by molar-refractivity contribution is -0.252. The van der Waals surface area contributed by atoms with Crippen LogP contribution in [0.4, 0.5) is 0 Å². The van der Waals surface area contributed by atoms with Crippen LogP contribution in [0, 0.1) is 46.3 Å². The van der Waals surface area contributed by atoms with Crippen LogP contribution in [0.1, 0.15) is 97.8 Å². The normalized spacial score (nSPS) is 34.2. The van der Waals surface area contributed by atoms with Crippen LogP contribution in [0.2, 0.25) is 0 Å². The summed E-state index contributed by atoms with van der Waals surface area (Å²) in [6.07, 6.45) is 4.85. The van der Waals surface area contributed by atoms with E-state index >= 15 is 0 Å². The number of nitrogens with zero attached hydrogens (tertiary/aromatic N) is 2. The molecule has 15 heteroatoms. The minimum Gasteiger partial charge on any atom is -0.481 e. The Hall–Kier alpha value is -1.95. The highest BCUT2D eigenvalue weighted by Gasteiger charge is 2.63. The molecule has 0 aromatic rings. The van der Waals surface area contributed by atoms with Crippen molar-refractivity contribution in [3.05, 3.63) is 0 Å². The van der Waals surface area contributed by atoms with E-state index in [2.05, 4.69) is 31.0 Å². The third-order valence-corrected chi connectivity index (χ3v) is 14.1. The Morgan fingerprint density at radius 1 is 0.865 bits per heavy atom. The molecule has 0 heterocycles. The third-order valence-electron chi connectivity index (χ3n) is 14.1. The zero-order chi connectivity index (χ0) is 38.4. The number of aliphatic hydroxyl groups excluding tert-OH is 3. The van der Waals surface area contributed by atoms with Gasteiger partial charge in [-0.3, -0.25) is 29.4 Å². The zero-order valence-electron chi connectivity index (χ0n) is 31.2. The monoisotopic (exact) mass is 743 g/mol. The van der Waals surface area contributed by atoms with Crippen LogP contribution in [0.15, 0.2) is 0 Å². The summed E-state index contributed by atoms with van der Waals surface area (Å²) in [6.45, 7) is 5.67. The van der Waals surface area contributed by atoms with Crippen LogP contribution in [-0.4, -0.2) is 139 Å². The largest absolute Gasteiger partial charge is 0.481 e. The van der Waals surface area contributed by atoms with E-state index in [0.717, 1.165) is 51.4 Å². The number of carbonyl (C=O) groups excluding carboxylic acids is 1. The lowest BCUT2D eigenvalue weighted by atomic mass is 9.43. The van der Waals surface area contributed by atoms with Gasteiger partial charge in [0.2, 0.25) is 5.91 Å². The number of aliphatic carboxylic acids is 2. The van der Waals surface area contributed by atoms with Gasteiger partial charge in [-0.25, -0.2) is 4.89 Å². The third kappa shape index (κ3) is 10.2. The quantitative estimate of drug-likeness (QED) is 0.0489. The van der Waals surface area contributed by atoms with Gasteiger partial charge in [-0.1, -0.05) is 20.8 Å². The Kier molecular flexibility index (Phi) is 15.3. The summed E-state index contributed by atoms with van der Waals surface area (Å²) in [5.74, 6) is 0.260.